The minimum absolute atomic E-state index is 0.0657. The molecule has 1 aliphatic heterocycles. The van der Waals surface area contributed by atoms with Gasteiger partial charge >= 0.3 is 0 Å². The van der Waals surface area contributed by atoms with Crippen LogP contribution in [0.15, 0.2) is 28.8 Å². The summed E-state index contributed by atoms with van der Waals surface area (Å²) in [6.45, 7) is 0. The number of aryl methyl sites for hydroxylation is 1. The Bertz CT molecular complexity index is 589. The van der Waals surface area contributed by atoms with Gasteiger partial charge in [0.05, 0.1) is 0 Å². The number of aromatic nitrogens is 1. The molecule has 1 aromatic heterocycles. The van der Waals surface area contributed by atoms with Gasteiger partial charge in [-0.15, -0.1) is 0 Å². The van der Waals surface area contributed by atoms with E-state index in [0.29, 0.717) is 18.0 Å². The molecule has 0 saturated carbocycles. The average Bonchev–Trinajstić information content (AvgIpc) is 2.75. The van der Waals surface area contributed by atoms with Gasteiger partial charge in [0.15, 0.2) is 0 Å². The first kappa shape index (κ1) is 9.89. The van der Waals surface area contributed by atoms with Crippen molar-refractivity contribution in [2.75, 3.05) is 11.1 Å². The highest BCUT2D eigenvalue weighted by Crippen LogP contribution is 2.28. The van der Waals surface area contributed by atoms with E-state index in [1.165, 1.54) is 0 Å². The number of benzene rings is 1. The van der Waals surface area contributed by atoms with Gasteiger partial charge in [-0.3, -0.25) is 4.79 Å². The minimum Gasteiger partial charge on any atom is -0.368 e. The summed E-state index contributed by atoms with van der Waals surface area (Å²) in [7, 11) is 0. The molecule has 1 amide bonds. The zero-order chi connectivity index (χ0) is 11.8. The SMILES string of the molecule is Nc1cc(-c2ccc3c(c2)CCC(=O)N3)no1. The van der Waals surface area contributed by atoms with E-state index in [9.17, 15) is 4.79 Å². The van der Waals surface area contributed by atoms with Crippen LogP contribution in [0, 0.1) is 0 Å². The summed E-state index contributed by atoms with van der Waals surface area (Å²) >= 11 is 0. The third-order valence-electron chi connectivity index (χ3n) is 2.82. The Morgan fingerprint density at radius 1 is 1.29 bits per heavy atom. The molecule has 0 aliphatic carbocycles. The number of nitrogens with one attached hydrogen (secondary N) is 1. The maximum Gasteiger partial charge on any atom is 0.224 e. The van der Waals surface area contributed by atoms with Crippen LogP contribution in [-0.2, 0) is 11.2 Å². The van der Waals surface area contributed by atoms with Crippen molar-refractivity contribution in [3.8, 4) is 11.3 Å². The molecule has 3 rings (SSSR count). The molecule has 1 aromatic carbocycles. The van der Waals surface area contributed by atoms with Crippen LogP contribution in [0.25, 0.3) is 11.3 Å². The van der Waals surface area contributed by atoms with Gasteiger partial charge in [-0.1, -0.05) is 11.2 Å². The first-order valence-electron chi connectivity index (χ1n) is 5.38. The maximum atomic E-state index is 11.2. The van der Waals surface area contributed by atoms with E-state index in [-0.39, 0.29) is 5.91 Å². The van der Waals surface area contributed by atoms with Crippen LogP contribution in [0.5, 0.6) is 0 Å². The highest BCUT2D eigenvalue weighted by molar-refractivity contribution is 5.94. The third kappa shape index (κ3) is 1.75. The summed E-state index contributed by atoms with van der Waals surface area (Å²) < 4.78 is 4.84. The molecular weight excluding hydrogens is 218 g/mol. The second-order valence-corrected chi connectivity index (χ2v) is 4.03. The molecule has 5 heteroatoms. The number of hydrogen-bond donors (Lipinski definition) is 2. The Morgan fingerprint density at radius 3 is 2.94 bits per heavy atom. The number of amides is 1. The number of carbonyl (C=O) groups is 1. The van der Waals surface area contributed by atoms with Crippen molar-refractivity contribution in [2.24, 2.45) is 0 Å². The third-order valence-corrected chi connectivity index (χ3v) is 2.82. The molecule has 0 fully saturated rings. The van der Waals surface area contributed by atoms with Crippen molar-refractivity contribution >= 4 is 17.5 Å². The van der Waals surface area contributed by atoms with Crippen molar-refractivity contribution in [2.45, 2.75) is 12.8 Å². The van der Waals surface area contributed by atoms with E-state index in [1.807, 2.05) is 18.2 Å². The van der Waals surface area contributed by atoms with Crippen LogP contribution in [0.4, 0.5) is 11.6 Å². The normalized spacial score (nSPS) is 14.2. The smallest absolute Gasteiger partial charge is 0.224 e. The first-order valence-corrected chi connectivity index (χ1v) is 5.38. The van der Waals surface area contributed by atoms with E-state index in [4.69, 9.17) is 10.3 Å². The highest BCUT2D eigenvalue weighted by Gasteiger charge is 2.15. The van der Waals surface area contributed by atoms with Gasteiger partial charge in [-0.25, -0.2) is 0 Å². The Hall–Kier alpha value is -2.30. The van der Waals surface area contributed by atoms with Crippen molar-refractivity contribution < 1.29 is 9.32 Å². The molecule has 3 N–H and O–H groups in total. The van der Waals surface area contributed by atoms with Crippen molar-refractivity contribution in [3.05, 3.63) is 29.8 Å². The lowest BCUT2D eigenvalue weighted by Gasteiger charge is -2.16. The predicted molar refractivity (Wildman–Crippen MR) is 63.3 cm³/mol. The number of fused-ring (bicyclic) bond motifs is 1. The fourth-order valence-corrected chi connectivity index (χ4v) is 1.97. The van der Waals surface area contributed by atoms with Crippen LogP contribution < -0.4 is 11.1 Å². The maximum absolute atomic E-state index is 11.2. The van der Waals surface area contributed by atoms with Gasteiger partial charge in [0.2, 0.25) is 11.8 Å². The lowest BCUT2D eigenvalue weighted by Crippen LogP contribution is -2.18. The number of nitrogen functional groups attached to an aromatic ring is 1. The highest BCUT2D eigenvalue weighted by atomic mass is 16.5. The topological polar surface area (TPSA) is 81.2 Å². The molecule has 0 radical (unpaired) electrons. The zero-order valence-electron chi connectivity index (χ0n) is 9.06. The molecule has 17 heavy (non-hydrogen) atoms. The van der Waals surface area contributed by atoms with Crippen LogP contribution in [0.1, 0.15) is 12.0 Å². The van der Waals surface area contributed by atoms with Gasteiger partial charge < -0.3 is 15.6 Å². The van der Waals surface area contributed by atoms with Crippen LogP contribution in [-0.4, -0.2) is 11.1 Å². The molecule has 0 saturated heterocycles. The second-order valence-electron chi connectivity index (χ2n) is 4.03. The molecule has 86 valence electrons. The van der Waals surface area contributed by atoms with E-state index in [1.54, 1.807) is 6.07 Å². The Balaban J connectivity index is 2.01. The Morgan fingerprint density at radius 2 is 2.18 bits per heavy atom. The summed E-state index contributed by atoms with van der Waals surface area (Å²) in [5.41, 5.74) is 9.13. The summed E-state index contributed by atoms with van der Waals surface area (Å²) in [5, 5.41) is 6.70. The number of rotatable bonds is 1. The fourth-order valence-electron chi connectivity index (χ4n) is 1.97. The largest absolute Gasteiger partial charge is 0.368 e. The molecule has 0 spiro atoms. The van der Waals surface area contributed by atoms with Gasteiger partial charge in [0.1, 0.15) is 5.69 Å². The monoisotopic (exact) mass is 229 g/mol. The van der Waals surface area contributed by atoms with E-state index >= 15 is 0 Å². The van der Waals surface area contributed by atoms with Crippen LogP contribution >= 0.6 is 0 Å². The summed E-state index contributed by atoms with van der Waals surface area (Å²) in [6.07, 6.45) is 1.28. The minimum atomic E-state index is 0.0657. The summed E-state index contributed by atoms with van der Waals surface area (Å²) in [5.74, 6) is 0.363. The average molecular weight is 229 g/mol. The molecule has 2 aromatic rings. The van der Waals surface area contributed by atoms with Gasteiger partial charge in [0.25, 0.3) is 0 Å². The van der Waals surface area contributed by atoms with E-state index in [2.05, 4.69) is 10.5 Å². The molecule has 2 heterocycles. The van der Waals surface area contributed by atoms with Gasteiger partial charge in [-0.2, -0.15) is 0 Å². The van der Waals surface area contributed by atoms with Crippen molar-refractivity contribution in [1.29, 1.82) is 0 Å². The molecule has 0 bridgehead atoms. The van der Waals surface area contributed by atoms with Crippen molar-refractivity contribution in [3.63, 3.8) is 0 Å². The van der Waals surface area contributed by atoms with Crippen molar-refractivity contribution in [1.82, 2.24) is 5.16 Å². The lowest BCUT2D eigenvalue weighted by molar-refractivity contribution is -0.116. The van der Waals surface area contributed by atoms with E-state index < -0.39 is 0 Å². The number of nitrogens with two attached hydrogens (primary N) is 1. The molecule has 1 aliphatic rings. The molecular formula is C12H11N3O2. The van der Waals surface area contributed by atoms with Gasteiger partial charge in [-0.05, 0) is 24.1 Å². The van der Waals surface area contributed by atoms with Crippen LogP contribution in [0.2, 0.25) is 0 Å². The number of anilines is 2. The summed E-state index contributed by atoms with van der Waals surface area (Å²) in [6, 6.07) is 7.46. The quantitative estimate of drug-likeness (QED) is 0.781. The standard InChI is InChI=1S/C12H11N3O2/c13-11-6-10(15-17-11)8-1-3-9-7(5-8)2-4-12(16)14-9/h1,3,5-6H,2,4,13H2,(H,14,16). The molecule has 0 unspecified atom stereocenters. The Labute approximate surface area is 97.6 Å². The zero-order valence-corrected chi connectivity index (χ0v) is 9.06. The number of carbonyl (C=O) groups excluding carboxylic acids is 1. The first-order chi connectivity index (χ1) is 8.22. The fraction of sp³-hybridized carbons (Fsp3) is 0.167. The Kier molecular flexibility index (Phi) is 2.11. The van der Waals surface area contributed by atoms with E-state index in [0.717, 1.165) is 23.2 Å². The summed E-state index contributed by atoms with van der Waals surface area (Å²) in [4.78, 5) is 11.2. The number of hydrogen-bond acceptors (Lipinski definition) is 4. The predicted octanol–water partition coefficient (Wildman–Crippen LogP) is 1.81. The second kappa shape index (κ2) is 3.62. The lowest BCUT2D eigenvalue weighted by atomic mass is 9.99. The number of nitrogens with zero attached hydrogens (tertiary/aromatic N) is 1. The van der Waals surface area contributed by atoms with Gasteiger partial charge in [0, 0.05) is 23.7 Å². The molecule has 0 atom stereocenters. The molecule has 5 nitrogen and oxygen atoms in total. The van der Waals surface area contributed by atoms with Crippen LogP contribution in [0.3, 0.4) is 0 Å².